The lowest BCUT2D eigenvalue weighted by Crippen LogP contribution is -2.45. The molecule has 0 aromatic heterocycles. The van der Waals surface area contributed by atoms with Gasteiger partial charge in [0.05, 0.1) is 6.04 Å². The van der Waals surface area contributed by atoms with E-state index >= 15 is 0 Å². The van der Waals surface area contributed by atoms with Crippen LogP contribution >= 0.6 is 0 Å². The maximum absolute atomic E-state index is 13.4. The lowest BCUT2D eigenvalue weighted by atomic mass is 10.0. The van der Waals surface area contributed by atoms with Gasteiger partial charge >= 0.3 is 6.03 Å². The second-order valence-corrected chi connectivity index (χ2v) is 6.03. The van der Waals surface area contributed by atoms with E-state index in [1.807, 2.05) is 19.0 Å². The molecule has 1 heterocycles. The summed E-state index contributed by atoms with van der Waals surface area (Å²) < 4.78 is 32.0. The Kier molecular flexibility index (Phi) is 5.90. The predicted molar refractivity (Wildman–Crippen MR) is 83.2 cm³/mol. The van der Waals surface area contributed by atoms with Crippen LogP contribution in [0.2, 0.25) is 0 Å². The van der Waals surface area contributed by atoms with Crippen molar-refractivity contribution in [3.8, 4) is 0 Å². The van der Waals surface area contributed by atoms with E-state index in [0.29, 0.717) is 25.1 Å². The van der Waals surface area contributed by atoms with Crippen LogP contribution in [-0.4, -0.2) is 62.7 Å². The molecule has 1 aliphatic heterocycles. The van der Waals surface area contributed by atoms with Gasteiger partial charge in [0.1, 0.15) is 6.10 Å². The van der Waals surface area contributed by atoms with Gasteiger partial charge < -0.3 is 19.9 Å². The van der Waals surface area contributed by atoms with E-state index in [1.165, 1.54) is 6.07 Å². The summed E-state index contributed by atoms with van der Waals surface area (Å²) in [6, 6.07) is 3.24. The Bertz CT molecular complexity index is 554. The number of amides is 2. The molecule has 2 rings (SSSR count). The summed E-state index contributed by atoms with van der Waals surface area (Å²) in [7, 11) is 5.60. The molecular weight excluding hydrogens is 304 g/mol. The molecule has 0 unspecified atom stereocenters. The fourth-order valence-electron chi connectivity index (χ4n) is 2.48. The van der Waals surface area contributed by atoms with Crippen molar-refractivity contribution in [2.24, 2.45) is 0 Å². The van der Waals surface area contributed by atoms with Crippen LogP contribution < -0.4 is 5.32 Å². The van der Waals surface area contributed by atoms with E-state index in [0.717, 1.165) is 18.7 Å². The zero-order valence-corrected chi connectivity index (χ0v) is 13.7. The number of ether oxygens (including phenoxy) is 1. The van der Waals surface area contributed by atoms with Crippen molar-refractivity contribution in [2.75, 3.05) is 40.8 Å². The fraction of sp³-hybridized carbons (Fsp3) is 0.562. The Balaban J connectivity index is 1.98. The van der Waals surface area contributed by atoms with Crippen LogP contribution in [0, 0.1) is 11.6 Å². The number of hydrogen-bond donors (Lipinski definition) is 1. The van der Waals surface area contributed by atoms with Crippen LogP contribution in [0.1, 0.15) is 18.1 Å². The number of benzene rings is 1. The van der Waals surface area contributed by atoms with Crippen molar-refractivity contribution in [3.63, 3.8) is 0 Å². The predicted octanol–water partition coefficient (Wildman–Crippen LogP) is 2.00. The number of urea groups is 1. The van der Waals surface area contributed by atoms with Crippen LogP contribution in [0.25, 0.3) is 0 Å². The van der Waals surface area contributed by atoms with Crippen LogP contribution in [0.4, 0.5) is 13.6 Å². The molecule has 0 spiro atoms. The van der Waals surface area contributed by atoms with Gasteiger partial charge in [0.2, 0.25) is 0 Å². The summed E-state index contributed by atoms with van der Waals surface area (Å²) in [6.45, 7) is 1.83. The van der Waals surface area contributed by atoms with Gasteiger partial charge in [-0.05, 0) is 38.2 Å². The number of nitrogens with zero attached hydrogens (tertiary/aromatic N) is 2. The normalized spacial score (nSPS) is 20.8. The van der Waals surface area contributed by atoms with E-state index in [-0.39, 0.29) is 12.1 Å². The van der Waals surface area contributed by atoms with Crippen molar-refractivity contribution in [1.82, 2.24) is 15.1 Å². The molecule has 2 amide bonds. The van der Waals surface area contributed by atoms with E-state index in [9.17, 15) is 13.6 Å². The quantitative estimate of drug-likeness (QED) is 0.900. The first-order chi connectivity index (χ1) is 10.9. The molecule has 1 N–H and O–H groups in total. The molecule has 1 aromatic rings. The van der Waals surface area contributed by atoms with E-state index in [2.05, 4.69) is 5.32 Å². The summed E-state index contributed by atoms with van der Waals surface area (Å²) in [5.41, 5.74) is 0.530. The van der Waals surface area contributed by atoms with Crippen molar-refractivity contribution < 1.29 is 18.3 Å². The Morgan fingerprint density at radius 3 is 2.65 bits per heavy atom. The molecule has 1 aromatic carbocycles. The Morgan fingerprint density at radius 1 is 1.26 bits per heavy atom. The lowest BCUT2D eigenvalue weighted by molar-refractivity contribution is 0.0980. The van der Waals surface area contributed by atoms with Gasteiger partial charge in [-0.1, -0.05) is 6.07 Å². The van der Waals surface area contributed by atoms with Crippen LogP contribution in [0.5, 0.6) is 0 Å². The average molecular weight is 327 g/mol. The summed E-state index contributed by atoms with van der Waals surface area (Å²) in [5, 5.41) is 2.91. The molecule has 0 bridgehead atoms. The van der Waals surface area contributed by atoms with Gasteiger partial charge in [-0.15, -0.1) is 0 Å². The van der Waals surface area contributed by atoms with Crippen LogP contribution in [-0.2, 0) is 4.74 Å². The van der Waals surface area contributed by atoms with Crippen molar-refractivity contribution in [1.29, 1.82) is 0 Å². The first kappa shape index (κ1) is 17.6. The molecule has 1 aliphatic rings. The highest BCUT2D eigenvalue weighted by Gasteiger charge is 2.32. The molecule has 1 saturated heterocycles. The first-order valence-corrected chi connectivity index (χ1v) is 7.61. The number of hydrogen-bond acceptors (Lipinski definition) is 3. The molecular formula is C16H23F2N3O2. The summed E-state index contributed by atoms with van der Waals surface area (Å²) in [6.07, 6.45) is 0.174. The van der Waals surface area contributed by atoms with Gasteiger partial charge in [0.15, 0.2) is 11.6 Å². The van der Waals surface area contributed by atoms with Crippen LogP contribution in [0.3, 0.4) is 0 Å². The molecule has 128 valence electrons. The minimum atomic E-state index is -0.911. The van der Waals surface area contributed by atoms with Crippen molar-refractivity contribution >= 4 is 6.03 Å². The van der Waals surface area contributed by atoms with E-state index in [4.69, 9.17) is 4.74 Å². The fourth-order valence-corrected chi connectivity index (χ4v) is 2.48. The second-order valence-electron chi connectivity index (χ2n) is 6.03. The zero-order chi connectivity index (χ0) is 17.0. The van der Waals surface area contributed by atoms with E-state index < -0.39 is 17.7 Å². The Hall–Kier alpha value is -1.73. The lowest BCUT2D eigenvalue weighted by Gasteiger charge is -2.25. The van der Waals surface area contributed by atoms with Gasteiger partial charge in [-0.25, -0.2) is 13.6 Å². The number of likely N-dealkylation sites (N-methyl/N-ethyl adjacent to an activating group) is 2. The molecule has 1 fully saturated rings. The van der Waals surface area contributed by atoms with Gasteiger partial charge in [-0.3, -0.25) is 0 Å². The topological polar surface area (TPSA) is 44.8 Å². The molecule has 7 heteroatoms. The highest BCUT2D eigenvalue weighted by molar-refractivity contribution is 5.74. The number of halogens is 2. The smallest absolute Gasteiger partial charge is 0.317 e. The number of carbonyl (C=O) groups excluding carboxylic acids is 1. The summed E-state index contributed by atoms with van der Waals surface area (Å²) >= 11 is 0. The molecule has 0 aliphatic carbocycles. The monoisotopic (exact) mass is 327 g/mol. The van der Waals surface area contributed by atoms with E-state index in [1.54, 1.807) is 11.9 Å². The van der Waals surface area contributed by atoms with Crippen molar-refractivity contribution in [3.05, 3.63) is 35.4 Å². The molecule has 0 saturated carbocycles. The number of nitrogens with one attached hydrogen (secondary N) is 1. The average Bonchev–Trinajstić information content (AvgIpc) is 2.95. The first-order valence-electron chi connectivity index (χ1n) is 7.61. The second kappa shape index (κ2) is 7.70. The Labute approximate surface area is 135 Å². The van der Waals surface area contributed by atoms with Gasteiger partial charge in [0.25, 0.3) is 0 Å². The minimum Gasteiger partial charge on any atom is -0.371 e. The SMILES string of the molecule is CN(C)CCN(C)C(=O)N[C@H]1CCO[C@@H]1c1ccc(F)c(F)c1. The van der Waals surface area contributed by atoms with Gasteiger partial charge in [-0.2, -0.15) is 0 Å². The third-order valence-corrected chi connectivity index (χ3v) is 3.90. The third-order valence-electron chi connectivity index (χ3n) is 3.90. The molecule has 5 nitrogen and oxygen atoms in total. The van der Waals surface area contributed by atoms with Crippen LogP contribution in [0.15, 0.2) is 18.2 Å². The number of rotatable bonds is 5. The maximum Gasteiger partial charge on any atom is 0.317 e. The summed E-state index contributed by atoms with van der Waals surface area (Å²) in [4.78, 5) is 15.8. The zero-order valence-electron chi connectivity index (χ0n) is 13.7. The standard InChI is InChI=1S/C16H23F2N3O2/c1-20(2)7-8-21(3)16(22)19-14-6-9-23-15(14)11-4-5-12(17)13(18)10-11/h4-5,10,14-15H,6-9H2,1-3H3,(H,19,22)/t14-,15+/m0/s1. The Morgan fingerprint density at radius 2 is 2.00 bits per heavy atom. The summed E-state index contributed by atoms with van der Waals surface area (Å²) in [5.74, 6) is -1.80. The highest BCUT2D eigenvalue weighted by Crippen LogP contribution is 2.30. The molecule has 0 radical (unpaired) electrons. The number of carbonyl (C=O) groups is 1. The third kappa shape index (κ3) is 4.62. The molecule has 2 atom stereocenters. The minimum absolute atomic E-state index is 0.199. The van der Waals surface area contributed by atoms with Crippen molar-refractivity contribution in [2.45, 2.75) is 18.6 Å². The highest BCUT2D eigenvalue weighted by atomic mass is 19.2. The maximum atomic E-state index is 13.4. The largest absolute Gasteiger partial charge is 0.371 e. The van der Waals surface area contributed by atoms with Gasteiger partial charge in [0, 0.05) is 26.7 Å². The molecule has 23 heavy (non-hydrogen) atoms.